The standard InChI is InChI=1S/C29H32N2O5/c1-16-12-20(29(3,4)5)13-17(2)25(16)26(34)23(32)10-7-18-6-8-21-19(14-18)15-31(28(21)36)22-9-11-24(33)30-27(22)35/h6,8,12-14,22H,7,9-11,15H2,1-5H3,(H,30,33,35). The molecule has 2 aromatic carbocycles. The van der Waals surface area contributed by atoms with Gasteiger partial charge in [-0.3, -0.25) is 29.3 Å². The molecule has 0 saturated carbocycles. The minimum Gasteiger partial charge on any atom is -0.322 e. The number of nitrogens with one attached hydrogen (secondary N) is 1. The Morgan fingerprint density at radius 1 is 1.03 bits per heavy atom. The van der Waals surface area contributed by atoms with Gasteiger partial charge in [-0.2, -0.15) is 0 Å². The van der Waals surface area contributed by atoms with Crippen LogP contribution in [0.2, 0.25) is 0 Å². The second-order valence-electron chi connectivity index (χ2n) is 10.9. The topological polar surface area (TPSA) is 101 Å². The molecule has 1 saturated heterocycles. The minimum absolute atomic E-state index is 0.0517. The third-order valence-corrected chi connectivity index (χ3v) is 7.11. The lowest BCUT2D eigenvalue weighted by Gasteiger charge is -2.29. The molecule has 2 heterocycles. The van der Waals surface area contributed by atoms with Gasteiger partial charge in [0, 0.05) is 30.5 Å². The number of ketones is 2. The fourth-order valence-corrected chi connectivity index (χ4v) is 5.05. The van der Waals surface area contributed by atoms with E-state index in [1.54, 1.807) is 12.1 Å². The highest BCUT2D eigenvalue weighted by molar-refractivity contribution is 6.44. The van der Waals surface area contributed by atoms with Crippen LogP contribution in [0.5, 0.6) is 0 Å². The molecular formula is C29H32N2O5. The zero-order chi connectivity index (χ0) is 26.4. The molecule has 3 amide bonds. The fraction of sp³-hybridized carbons (Fsp3) is 0.414. The van der Waals surface area contributed by atoms with Crippen molar-refractivity contribution in [1.82, 2.24) is 10.2 Å². The van der Waals surface area contributed by atoms with E-state index in [-0.39, 0.29) is 36.6 Å². The molecule has 1 unspecified atom stereocenters. The molecule has 1 fully saturated rings. The monoisotopic (exact) mass is 488 g/mol. The predicted octanol–water partition coefficient (Wildman–Crippen LogP) is 3.75. The predicted molar refractivity (Wildman–Crippen MR) is 135 cm³/mol. The van der Waals surface area contributed by atoms with Crippen molar-refractivity contribution in [2.45, 2.75) is 78.3 Å². The lowest BCUT2D eigenvalue weighted by molar-refractivity contribution is -0.136. The number of Topliss-reactive ketones (excluding diaryl/α,β-unsaturated/α-hetero) is 2. The number of nitrogens with zero attached hydrogens (tertiary/aromatic N) is 1. The molecule has 0 aliphatic carbocycles. The number of piperidine rings is 1. The zero-order valence-corrected chi connectivity index (χ0v) is 21.5. The van der Waals surface area contributed by atoms with E-state index in [0.717, 1.165) is 27.8 Å². The van der Waals surface area contributed by atoms with Crippen LogP contribution in [-0.4, -0.2) is 40.2 Å². The normalized spacial score (nSPS) is 17.8. The molecule has 0 aromatic heterocycles. The van der Waals surface area contributed by atoms with Gasteiger partial charge in [-0.15, -0.1) is 0 Å². The van der Waals surface area contributed by atoms with E-state index >= 15 is 0 Å². The second-order valence-corrected chi connectivity index (χ2v) is 10.9. The van der Waals surface area contributed by atoms with Gasteiger partial charge in [0.15, 0.2) is 0 Å². The van der Waals surface area contributed by atoms with Crippen molar-refractivity contribution >= 4 is 29.3 Å². The molecule has 7 heteroatoms. The highest BCUT2D eigenvalue weighted by Gasteiger charge is 2.39. The summed E-state index contributed by atoms with van der Waals surface area (Å²) in [6, 6.07) is 8.67. The van der Waals surface area contributed by atoms with E-state index in [0.29, 0.717) is 24.0 Å². The van der Waals surface area contributed by atoms with Crippen molar-refractivity contribution < 1.29 is 24.0 Å². The average Bonchev–Trinajstić information content (AvgIpc) is 3.11. The van der Waals surface area contributed by atoms with Gasteiger partial charge in [-0.25, -0.2) is 0 Å². The SMILES string of the molecule is Cc1cc(C(C)(C)C)cc(C)c1C(=O)C(=O)CCc1ccc2c(c1)CN(C1CCC(=O)NC1=O)C2=O. The Morgan fingerprint density at radius 3 is 2.31 bits per heavy atom. The molecule has 0 bridgehead atoms. The Bertz CT molecular complexity index is 1280. The lowest BCUT2D eigenvalue weighted by atomic mass is 9.82. The molecule has 2 aromatic rings. The van der Waals surface area contributed by atoms with Gasteiger partial charge >= 0.3 is 0 Å². The molecule has 1 atom stereocenters. The number of carbonyl (C=O) groups is 5. The molecule has 2 aliphatic rings. The smallest absolute Gasteiger partial charge is 0.255 e. The minimum atomic E-state index is -0.665. The first-order chi connectivity index (χ1) is 16.9. The van der Waals surface area contributed by atoms with Crippen molar-refractivity contribution in [3.8, 4) is 0 Å². The van der Waals surface area contributed by atoms with E-state index < -0.39 is 23.5 Å². The summed E-state index contributed by atoms with van der Waals surface area (Å²) in [5.41, 5.74) is 5.33. The summed E-state index contributed by atoms with van der Waals surface area (Å²) in [5.74, 6) is -1.91. The van der Waals surface area contributed by atoms with Gasteiger partial charge in [0.1, 0.15) is 6.04 Å². The summed E-state index contributed by atoms with van der Waals surface area (Å²) in [6.07, 6.45) is 0.962. The Balaban J connectivity index is 1.44. The lowest BCUT2D eigenvalue weighted by Crippen LogP contribution is -2.52. The first-order valence-electron chi connectivity index (χ1n) is 12.3. The molecule has 4 rings (SSSR count). The summed E-state index contributed by atoms with van der Waals surface area (Å²) in [4.78, 5) is 63.9. The Hall–Kier alpha value is -3.61. The van der Waals surface area contributed by atoms with Crippen LogP contribution >= 0.6 is 0 Å². The molecule has 188 valence electrons. The van der Waals surface area contributed by atoms with Crippen molar-refractivity contribution in [2.24, 2.45) is 0 Å². The zero-order valence-electron chi connectivity index (χ0n) is 21.5. The van der Waals surface area contributed by atoms with E-state index in [9.17, 15) is 24.0 Å². The summed E-state index contributed by atoms with van der Waals surface area (Å²) < 4.78 is 0. The van der Waals surface area contributed by atoms with Gasteiger partial charge in [-0.05, 0) is 66.0 Å². The van der Waals surface area contributed by atoms with Crippen molar-refractivity contribution in [3.63, 3.8) is 0 Å². The summed E-state index contributed by atoms with van der Waals surface area (Å²) in [6.45, 7) is 10.4. The van der Waals surface area contributed by atoms with E-state index in [2.05, 4.69) is 26.1 Å². The van der Waals surface area contributed by atoms with Crippen LogP contribution in [0.25, 0.3) is 0 Å². The molecule has 0 spiro atoms. The van der Waals surface area contributed by atoms with Crippen LogP contribution in [-0.2, 0) is 32.8 Å². The van der Waals surface area contributed by atoms with Crippen molar-refractivity contribution in [1.29, 1.82) is 0 Å². The molecule has 36 heavy (non-hydrogen) atoms. The van der Waals surface area contributed by atoms with Crippen LogP contribution in [0, 0.1) is 13.8 Å². The average molecular weight is 489 g/mol. The first kappa shape index (κ1) is 25.5. The third kappa shape index (κ3) is 4.87. The maximum absolute atomic E-state index is 13.0. The Morgan fingerprint density at radius 2 is 1.69 bits per heavy atom. The summed E-state index contributed by atoms with van der Waals surface area (Å²) in [7, 11) is 0. The van der Waals surface area contributed by atoms with Crippen LogP contribution in [0.15, 0.2) is 30.3 Å². The van der Waals surface area contributed by atoms with Gasteiger partial charge in [0.05, 0.1) is 0 Å². The third-order valence-electron chi connectivity index (χ3n) is 7.11. The maximum Gasteiger partial charge on any atom is 0.255 e. The maximum atomic E-state index is 13.0. The van der Waals surface area contributed by atoms with Gasteiger partial charge in [-0.1, -0.05) is 45.0 Å². The highest BCUT2D eigenvalue weighted by atomic mass is 16.2. The molecule has 1 N–H and O–H groups in total. The fourth-order valence-electron chi connectivity index (χ4n) is 5.05. The van der Waals surface area contributed by atoms with Crippen LogP contribution in [0.4, 0.5) is 0 Å². The number of rotatable bonds is 6. The first-order valence-corrected chi connectivity index (χ1v) is 12.3. The Labute approximate surface area is 211 Å². The summed E-state index contributed by atoms with van der Waals surface area (Å²) in [5, 5.41) is 2.30. The number of aryl methyl sites for hydroxylation is 3. The molecular weight excluding hydrogens is 456 g/mol. The number of hydrogen-bond acceptors (Lipinski definition) is 5. The second kappa shape index (κ2) is 9.45. The molecule has 2 aliphatic heterocycles. The van der Waals surface area contributed by atoms with Crippen LogP contribution < -0.4 is 5.32 Å². The van der Waals surface area contributed by atoms with Crippen LogP contribution in [0.1, 0.15) is 88.6 Å². The number of benzene rings is 2. The van der Waals surface area contributed by atoms with Gasteiger partial charge in [0.2, 0.25) is 23.4 Å². The summed E-state index contributed by atoms with van der Waals surface area (Å²) >= 11 is 0. The molecule has 7 nitrogen and oxygen atoms in total. The van der Waals surface area contributed by atoms with E-state index in [1.165, 1.54) is 4.90 Å². The number of carbonyl (C=O) groups excluding carboxylic acids is 5. The van der Waals surface area contributed by atoms with Gasteiger partial charge in [0.25, 0.3) is 5.91 Å². The van der Waals surface area contributed by atoms with E-state index in [4.69, 9.17) is 0 Å². The van der Waals surface area contributed by atoms with Gasteiger partial charge < -0.3 is 4.90 Å². The van der Waals surface area contributed by atoms with Crippen molar-refractivity contribution in [3.05, 3.63) is 69.3 Å². The molecule has 0 radical (unpaired) electrons. The number of fused-ring (bicyclic) bond motifs is 1. The van der Waals surface area contributed by atoms with E-state index in [1.807, 2.05) is 32.0 Å². The number of hydrogen-bond donors (Lipinski definition) is 1. The van der Waals surface area contributed by atoms with Crippen LogP contribution in [0.3, 0.4) is 0 Å². The Kier molecular flexibility index (Phi) is 6.69. The van der Waals surface area contributed by atoms with Crippen molar-refractivity contribution in [2.75, 3.05) is 0 Å². The number of imide groups is 1. The number of amides is 3. The largest absolute Gasteiger partial charge is 0.322 e. The highest BCUT2D eigenvalue weighted by Crippen LogP contribution is 2.29. The quantitative estimate of drug-likeness (QED) is 0.379.